The Morgan fingerprint density at radius 2 is 2.33 bits per heavy atom. The van der Waals surface area contributed by atoms with Crippen molar-refractivity contribution in [2.75, 3.05) is 30.8 Å². The molecule has 0 radical (unpaired) electrons. The Balaban J connectivity index is 2.07. The molecule has 0 spiro atoms. The molecular weight excluding hydrogens is 230 g/mol. The van der Waals surface area contributed by atoms with Crippen LogP contribution in [-0.4, -0.2) is 32.1 Å². The Bertz CT molecular complexity index is 448. The molecule has 0 bridgehead atoms. The molecule has 0 aromatic heterocycles. The molecule has 18 heavy (non-hydrogen) atoms. The summed E-state index contributed by atoms with van der Waals surface area (Å²) in [6, 6.07) is 5.99. The highest BCUT2D eigenvalue weighted by Crippen LogP contribution is 2.29. The molecule has 1 aliphatic rings. The molecule has 3 N–H and O–H groups in total. The van der Waals surface area contributed by atoms with Crippen LogP contribution in [0.3, 0.4) is 0 Å². The lowest BCUT2D eigenvalue weighted by molar-refractivity contribution is -0.119. The summed E-state index contributed by atoms with van der Waals surface area (Å²) in [6.07, 6.45) is 0.965. The molecule has 2 rings (SSSR count). The molecular formula is C13H19N3O2. The number of nitrogens with one attached hydrogen (secondary N) is 1. The van der Waals surface area contributed by atoms with Gasteiger partial charge in [0.15, 0.2) is 0 Å². The number of rotatable bonds is 3. The molecule has 1 atom stereocenters. The third-order valence-electron chi connectivity index (χ3n) is 3.18. The van der Waals surface area contributed by atoms with Crippen molar-refractivity contribution in [2.45, 2.75) is 19.4 Å². The Labute approximate surface area is 107 Å². The largest absolute Gasteiger partial charge is 0.495 e. The molecule has 1 aliphatic heterocycles. The first-order chi connectivity index (χ1) is 8.60. The number of nitrogens with two attached hydrogens (primary N) is 1. The first-order valence-electron chi connectivity index (χ1n) is 6.05. The summed E-state index contributed by atoms with van der Waals surface area (Å²) in [5, 5.41) is 2.94. The van der Waals surface area contributed by atoms with Crippen LogP contribution in [0.1, 0.15) is 13.3 Å². The van der Waals surface area contributed by atoms with Gasteiger partial charge >= 0.3 is 0 Å². The van der Waals surface area contributed by atoms with Gasteiger partial charge in [-0.15, -0.1) is 0 Å². The second-order valence-corrected chi connectivity index (χ2v) is 4.56. The van der Waals surface area contributed by atoms with Gasteiger partial charge in [0.2, 0.25) is 5.91 Å². The molecule has 1 fully saturated rings. The van der Waals surface area contributed by atoms with Crippen LogP contribution in [-0.2, 0) is 4.79 Å². The van der Waals surface area contributed by atoms with Gasteiger partial charge in [-0.05, 0) is 18.6 Å². The lowest BCUT2D eigenvalue weighted by Gasteiger charge is -2.20. The van der Waals surface area contributed by atoms with Crippen molar-refractivity contribution in [1.82, 2.24) is 5.32 Å². The number of hydrogen-bond donors (Lipinski definition) is 2. The molecule has 0 saturated carbocycles. The summed E-state index contributed by atoms with van der Waals surface area (Å²) in [6.45, 7) is 3.31. The average Bonchev–Trinajstić information content (AvgIpc) is 2.77. The van der Waals surface area contributed by atoms with Gasteiger partial charge in [0, 0.05) is 37.8 Å². The van der Waals surface area contributed by atoms with Crippen LogP contribution in [0.2, 0.25) is 0 Å². The Morgan fingerprint density at radius 3 is 3.00 bits per heavy atom. The number of carbonyl (C=O) groups excluding carboxylic acids is 1. The minimum Gasteiger partial charge on any atom is -0.495 e. The molecule has 98 valence electrons. The van der Waals surface area contributed by atoms with Crippen LogP contribution in [0.4, 0.5) is 11.4 Å². The SMILES string of the molecule is COc1cc(N2CCC(NC(C)=O)C2)ccc1N. The lowest BCUT2D eigenvalue weighted by atomic mass is 10.2. The Hall–Kier alpha value is -1.91. The first-order valence-corrected chi connectivity index (χ1v) is 6.05. The van der Waals surface area contributed by atoms with Gasteiger partial charge in [0.05, 0.1) is 12.8 Å². The maximum atomic E-state index is 11.0. The monoisotopic (exact) mass is 249 g/mol. The molecule has 1 heterocycles. The van der Waals surface area contributed by atoms with E-state index in [4.69, 9.17) is 10.5 Å². The third-order valence-corrected chi connectivity index (χ3v) is 3.18. The summed E-state index contributed by atoms with van der Waals surface area (Å²) in [4.78, 5) is 13.2. The highest BCUT2D eigenvalue weighted by molar-refractivity contribution is 5.73. The summed E-state index contributed by atoms with van der Waals surface area (Å²) in [5.74, 6) is 0.715. The minimum atomic E-state index is 0.0248. The van der Waals surface area contributed by atoms with Crippen molar-refractivity contribution < 1.29 is 9.53 Å². The maximum Gasteiger partial charge on any atom is 0.217 e. The van der Waals surface area contributed by atoms with Crippen molar-refractivity contribution >= 4 is 17.3 Å². The van der Waals surface area contributed by atoms with Gasteiger partial charge < -0.3 is 20.7 Å². The van der Waals surface area contributed by atoms with Gasteiger partial charge in [-0.25, -0.2) is 0 Å². The van der Waals surface area contributed by atoms with Crippen molar-refractivity contribution in [1.29, 1.82) is 0 Å². The molecule has 1 aromatic rings. The van der Waals surface area contributed by atoms with Gasteiger partial charge in [-0.2, -0.15) is 0 Å². The fourth-order valence-corrected chi connectivity index (χ4v) is 2.30. The molecule has 5 nitrogen and oxygen atoms in total. The van der Waals surface area contributed by atoms with Gasteiger partial charge in [-0.3, -0.25) is 4.79 Å². The second kappa shape index (κ2) is 5.16. The first kappa shape index (κ1) is 12.5. The van der Waals surface area contributed by atoms with E-state index in [1.165, 1.54) is 0 Å². The van der Waals surface area contributed by atoms with Crippen LogP contribution in [0.25, 0.3) is 0 Å². The van der Waals surface area contributed by atoms with Crippen molar-refractivity contribution in [3.63, 3.8) is 0 Å². The smallest absolute Gasteiger partial charge is 0.217 e. The van der Waals surface area contributed by atoms with Crippen LogP contribution < -0.4 is 20.7 Å². The second-order valence-electron chi connectivity index (χ2n) is 4.56. The quantitative estimate of drug-likeness (QED) is 0.784. The summed E-state index contributed by atoms with van der Waals surface area (Å²) >= 11 is 0. The number of carbonyl (C=O) groups is 1. The predicted molar refractivity (Wildman–Crippen MR) is 71.8 cm³/mol. The zero-order chi connectivity index (χ0) is 13.1. The number of anilines is 2. The number of benzene rings is 1. The van der Waals surface area contributed by atoms with Crippen LogP contribution >= 0.6 is 0 Å². The summed E-state index contributed by atoms with van der Waals surface area (Å²) < 4.78 is 5.22. The predicted octanol–water partition coefficient (Wildman–Crippen LogP) is 0.992. The van der Waals surface area contributed by atoms with Crippen LogP contribution in [0, 0.1) is 0 Å². The Morgan fingerprint density at radius 1 is 1.56 bits per heavy atom. The minimum absolute atomic E-state index is 0.0248. The van der Waals surface area contributed by atoms with E-state index in [0.717, 1.165) is 25.2 Å². The summed E-state index contributed by atoms with van der Waals surface area (Å²) in [5.41, 5.74) is 7.51. The molecule has 1 saturated heterocycles. The third kappa shape index (κ3) is 2.67. The van der Waals surface area contributed by atoms with E-state index < -0.39 is 0 Å². The van der Waals surface area contributed by atoms with Gasteiger partial charge in [-0.1, -0.05) is 0 Å². The average molecular weight is 249 g/mol. The lowest BCUT2D eigenvalue weighted by Crippen LogP contribution is -2.35. The number of amides is 1. The number of ether oxygens (including phenoxy) is 1. The molecule has 1 aromatic carbocycles. The maximum absolute atomic E-state index is 11.0. The highest BCUT2D eigenvalue weighted by atomic mass is 16.5. The highest BCUT2D eigenvalue weighted by Gasteiger charge is 2.23. The fourth-order valence-electron chi connectivity index (χ4n) is 2.30. The van der Waals surface area contributed by atoms with Crippen LogP contribution in [0.15, 0.2) is 18.2 Å². The van der Waals surface area contributed by atoms with Crippen molar-refractivity contribution in [3.8, 4) is 5.75 Å². The topological polar surface area (TPSA) is 67.6 Å². The van der Waals surface area contributed by atoms with E-state index >= 15 is 0 Å². The van der Waals surface area contributed by atoms with E-state index in [0.29, 0.717) is 11.4 Å². The van der Waals surface area contributed by atoms with Crippen molar-refractivity contribution in [3.05, 3.63) is 18.2 Å². The van der Waals surface area contributed by atoms with Gasteiger partial charge in [0.25, 0.3) is 0 Å². The zero-order valence-electron chi connectivity index (χ0n) is 10.8. The van der Waals surface area contributed by atoms with Gasteiger partial charge in [0.1, 0.15) is 5.75 Å². The molecule has 1 amide bonds. The van der Waals surface area contributed by atoms with E-state index in [1.54, 1.807) is 14.0 Å². The zero-order valence-corrected chi connectivity index (χ0v) is 10.8. The molecule has 5 heteroatoms. The number of hydrogen-bond acceptors (Lipinski definition) is 4. The molecule has 1 unspecified atom stereocenters. The molecule has 0 aliphatic carbocycles. The number of methoxy groups -OCH3 is 1. The Kier molecular flexibility index (Phi) is 3.60. The van der Waals surface area contributed by atoms with E-state index in [1.807, 2.05) is 18.2 Å². The van der Waals surface area contributed by atoms with E-state index in [-0.39, 0.29) is 11.9 Å². The van der Waals surface area contributed by atoms with E-state index in [9.17, 15) is 4.79 Å². The number of nitrogen functional groups attached to an aromatic ring is 1. The van der Waals surface area contributed by atoms with E-state index in [2.05, 4.69) is 10.2 Å². The normalized spacial score (nSPS) is 18.8. The standard InChI is InChI=1S/C13H19N3O2/c1-9(17)15-10-5-6-16(8-10)11-3-4-12(14)13(7-11)18-2/h3-4,7,10H,5-6,8,14H2,1-2H3,(H,15,17). The fraction of sp³-hybridized carbons (Fsp3) is 0.462. The van der Waals surface area contributed by atoms with Crippen LogP contribution in [0.5, 0.6) is 5.75 Å². The van der Waals surface area contributed by atoms with Crippen molar-refractivity contribution in [2.24, 2.45) is 0 Å². The number of nitrogens with zero attached hydrogens (tertiary/aromatic N) is 1. The summed E-state index contributed by atoms with van der Waals surface area (Å²) in [7, 11) is 1.61.